The summed E-state index contributed by atoms with van der Waals surface area (Å²) in [6, 6.07) is 0. The molecule has 0 bridgehead atoms. The van der Waals surface area contributed by atoms with Gasteiger partial charge in [-0.3, -0.25) is 37.3 Å². The van der Waals surface area contributed by atoms with Crippen LogP contribution in [-0.4, -0.2) is 96.7 Å². The number of hydrogen-bond donors (Lipinski definition) is 3. The number of ether oxygens (including phenoxy) is 4. The fourth-order valence-electron chi connectivity index (χ4n) is 9.75. The maximum Gasteiger partial charge on any atom is 0.472 e. The number of carbonyl (C=O) groups is 4. The van der Waals surface area contributed by atoms with Gasteiger partial charge in [0.05, 0.1) is 26.4 Å². The van der Waals surface area contributed by atoms with Gasteiger partial charge in [-0.05, 0) is 148 Å². The van der Waals surface area contributed by atoms with Crippen LogP contribution in [-0.2, 0) is 65.4 Å². The summed E-state index contributed by atoms with van der Waals surface area (Å²) >= 11 is 0. The zero-order chi connectivity index (χ0) is 73.2. The highest BCUT2D eigenvalue weighted by atomic mass is 31.2. The Labute approximate surface area is 605 Å². The van der Waals surface area contributed by atoms with Gasteiger partial charge in [0.2, 0.25) is 0 Å². The molecule has 0 heterocycles. The predicted octanol–water partition coefficient (Wildman–Crippen LogP) is 22.1. The average molecular weight is 1440 g/mol. The predicted molar refractivity (Wildman–Crippen MR) is 408 cm³/mol. The quantitative estimate of drug-likeness (QED) is 0.0169. The van der Waals surface area contributed by atoms with Gasteiger partial charge in [-0.25, -0.2) is 9.13 Å². The highest BCUT2D eigenvalue weighted by Gasteiger charge is 2.30. The highest BCUT2D eigenvalue weighted by molar-refractivity contribution is 7.47. The van der Waals surface area contributed by atoms with Crippen LogP contribution in [0.1, 0.15) is 297 Å². The van der Waals surface area contributed by atoms with Gasteiger partial charge in [0.25, 0.3) is 0 Å². The molecule has 100 heavy (non-hydrogen) atoms. The number of allylic oxidation sites excluding steroid dienone is 22. The van der Waals surface area contributed by atoms with Gasteiger partial charge in [-0.15, -0.1) is 0 Å². The van der Waals surface area contributed by atoms with Crippen molar-refractivity contribution in [3.05, 3.63) is 134 Å². The van der Waals surface area contributed by atoms with Gasteiger partial charge < -0.3 is 33.8 Å². The first-order chi connectivity index (χ1) is 48.7. The Morgan fingerprint density at radius 2 is 0.540 bits per heavy atom. The van der Waals surface area contributed by atoms with Crippen molar-refractivity contribution >= 4 is 39.5 Å². The Hall–Kier alpha value is -4.80. The molecule has 0 aromatic heterocycles. The number of aliphatic hydroxyl groups is 1. The molecule has 5 atom stereocenters. The van der Waals surface area contributed by atoms with Crippen molar-refractivity contribution in [3.63, 3.8) is 0 Å². The molecule has 0 saturated carbocycles. The van der Waals surface area contributed by atoms with E-state index in [9.17, 15) is 43.2 Å². The highest BCUT2D eigenvalue weighted by Crippen LogP contribution is 2.45. The van der Waals surface area contributed by atoms with Crippen LogP contribution in [0, 0.1) is 0 Å². The topological polar surface area (TPSA) is 237 Å². The van der Waals surface area contributed by atoms with E-state index in [1.165, 1.54) is 32.1 Å². The zero-order valence-corrected chi connectivity index (χ0v) is 64.1. The van der Waals surface area contributed by atoms with Gasteiger partial charge >= 0.3 is 39.5 Å². The molecule has 0 rings (SSSR count). The van der Waals surface area contributed by atoms with Crippen molar-refractivity contribution in [2.45, 2.75) is 316 Å². The van der Waals surface area contributed by atoms with E-state index in [-0.39, 0.29) is 25.7 Å². The minimum absolute atomic E-state index is 0.0690. The fourth-order valence-corrected chi connectivity index (χ4v) is 11.3. The molecule has 0 aromatic rings. The molecule has 0 spiro atoms. The molecule has 0 aliphatic carbocycles. The minimum Gasteiger partial charge on any atom is -0.462 e. The first-order valence-electron chi connectivity index (χ1n) is 38.4. The number of phosphoric ester groups is 2. The Balaban J connectivity index is 5.39. The summed E-state index contributed by atoms with van der Waals surface area (Å²) in [4.78, 5) is 72.8. The second-order valence-corrected chi connectivity index (χ2v) is 28.1. The van der Waals surface area contributed by atoms with Crippen LogP contribution in [0.4, 0.5) is 0 Å². The normalized spacial score (nSPS) is 14.7. The van der Waals surface area contributed by atoms with Crippen molar-refractivity contribution in [3.8, 4) is 0 Å². The number of hydrogen-bond acceptors (Lipinski definition) is 15. The van der Waals surface area contributed by atoms with Gasteiger partial charge in [-0.2, -0.15) is 0 Å². The van der Waals surface area contributed by atoms with E-state index in [2.05, 4.69) is 149 Å². The number of rotatable bonds is 71. The largest absolute Gasteiger partial charge is 0.472 e. The summed E-state index contributed by atoms with van der Waals surface area (Å²) in [6.07, 6.45) is 80.2. The van der Waals surface area contributed by atoms with E-state index < -0.39 is 97.5 Å². The molecule has 17 nitrogen and oxygen atoms in total. The van der Waals surface area contributed by atoms with Gasteiger partial charge in [0.15, 0.2) is 12.2 Å². The molecular formula is C81H136O17P2. The van der Waals surface area contributed by atoms with E-state index in [4.69, 9.17) is 37.0 Å². The van der Waals surface area contributed by atoms with Crippen LogP contribution < -0.4 is 0 Å². The third kappa shape index (κ3) is 71.6. The molecule has 0 aliphatic rings. The SMILES string of the molecule is CC/C=C\C/C=C\C/C=C\C/C=C\C/C=C\CCCC(=O)OCC(COP(=O)(O)OCC(O)COP(=O)(O)OCC(COC(=O)CCCCCCCCC/C=C\C/C=C\C/C=C\CC)OC(=O)CCCCCCC/C=C\C/C=C\CCCCC)OC(=O)CCCCCCC/C=C\CCCC. The summed E-state index contributed by atoms with van der Waals surface area (Å²) in [5.74, 6) is -2.28. The van der Waals surface area contributed by atoms with Crippen LogP contribution >= 0.6 is 15.6 Å². The summed E-state index contributed by atoms with van der Waals surface area (Å²) < 4.78 is 68.4. The third-order valence-electron chi connectivity index (χ3n) is 15.6. The number of carbonyl (C=O) groups excluding carboxylic acids is 4. The molecule has 0 aliphatic heterocycles. The second-order valence-electron chi connectivity index (χ2n) is 25.2. The zero-order valence-electron chi connectivity index (χ0n) is 62.3. The Morgan fingerprint density at radius 1 is 0.290 bits per heavy atom. The van der Waals surface area contributed by atoms with Gasteiger partial charge in [-0.1, -0.05) is 258 Å². The summed E-state index contributed by atoms with van der Waals surface area (Å²) in [5, 5.41) is 10.6. The standard InChI is InChI=1S/C81H136O17P2/c1-5-9-13-17-21-25-29-32-35-37-40-42-46-49-53-57-61-65-78(83)91-71-76(97-80(85)67-63-59-55-51-45-28-24-20-16-12-8-4)73-95-99(87,88)93-69-75(82)70-94-100(89,90)96-74-77(98-81(86)68-64-60-56-52-48-44-39-34-31-27-23-19-15-11-7-3)72-92-79(84)66-62-58-54-50-47-43-41-38-36-33-30-26-22-18-14-10-6-2/h9-10,13-14,20-27,32-36,39-40,42,49,53,75-77,82H,5-8,11-12,15-19,28-31,37-38,41,43-48,50-52,54-74H2,1-4H3,(H,87,88)(H,89,90)/b13-9-,14-10-,24-20-,25-21-,26-22-,27-23-,35-32-,36-33-,39-34-,42-40-,53-49-. The lowest BCUT2D eigenvalue weighted by molar-refractivity contribution is -0.161. The minimum atomic E-state index is -4.99. The van der Waals surface area contributed by atoms with Crippen molar-refractivity contribution in [1.29, 1.82) is 0 Å². The molecule has 0 saturated heterocycles. The lowest BCUT2D eigenvalue weighted by Gasteiger charge is -2.21. The van der Waals surface area contributed by atoms with Crippen molar-refractivity contribution < 1.29 is 80.2 Å². The fraction of sp³-hybridized carbons (Fsp3) is 0.679. The Kier molecular flexibility index (Phi) is 69.1. The number of unbranched alkanes of at least 4 members (excludes halogenated alkanes) is 23. The Bertz CT molecular complexity index is 2420. The van der Waals surface area contributed by atoms with E-state index in [1.54, 1.807) is 0 Å². The van der Waals surface area contributed by atoms with Gasteiger partial charge in [0, 0.05) is 25.7 Å². The third-order valence-corrected chi connectivity index (χ3v) is 17.5. The lowest BCUT2D eigenvalue weighted by Crippen LogP contribution is -2.30. The number of esters is 4. The van der Waals surface area contributed by atoms with Crippen LogP contribution in [0.5, 0.6) is 0 Å². The smallest absolute Gasteiger partial charge is 0.462 e. The molecule has 572 valence electrons. The molecule has 3 N–H and O–H groups in total. The van der Waals surface area contributed by atoms with Crippen LogP contribution in [0.25, 0.3) is 0 Å². The number of phosphoric acid groups is 2. The molecule has 19 heteroatoms. The second kappa shape index (κ2) is 72.5. The number of aliphatic hydroxyl groups excluding tert-OH is 1. The van der Waals surface area contributed by atoms with Crippen LogP contribution in [0.3, 0.4) is 0 Å². The molecule has 0 aromatic carbocycles. The van der Waals surface area contributed by atoms with E-state index >= 15 is 0 Å². The van der Waals surface area contributed by atoms with Crippen LogP contribution in [0.2, 0.25) is 0 Å². The van der Waals surface area contributed by atoms with Crippen molar-refractivity contribution in [2.75, 3.05) is 39.6 Å². The summed E-state index contributed by atoms with van der Waals surface area (Å²) in [7, 11) is -9.98. The maximum absolute atomic E-state index is 13.1. The molecule has 0 fully saturated rings. The molecule has 5 unspecified atom stereocenters. The first-order valence-corrected chi connectivity index (χ1v) is 41.4. The molecule has 0 amide bonds. The lowest BCUT2D eigenvalue weighted by atomic mass is 10.1. The van der Waals surface area contributed by atoms with Crippen molar-refractivity contribution in [2.24, 2.45) is 0 Å². The summed E-state index contributed by atoms with van der Waals surface area (Å²) in [6.45, 7) is 4.48. The van der Waals surface area contributed by atoms with E-state index in [0.29, 0.717) is 32.1 Å². The maximum atomic E-state index is 13.1. The average Bonchev–Trinajstić information content (AvgIpc) is 0.989. The van der Waals surface area contributed by atoms with E-state index in [1.807, 2.05) is 12.2 Å². The Morgan fingerprint density at radius 3 is 0.880 bits per heavy atom. The van der Waals surface area contributed by atoms with Crippen LogP contribution in [0.15, 0.2) is 134 Å². The van der Waals surface area contributed by atoms with Crippen molar-refractivity contribution in [1.82, 2.24) is 0 Å². The molecular weight excluding hydrogens is 1310 g/mol. The van der Waals surface area contributed by atoms with Gasteiger partial charge in [0.1, 0.15) is 19.3 Å². The summed E-state index contributed by atoms with van der Waals surface area (Å²) in [5.41, 5.74) is 0. The first kappa shape index (κ1) is 95.2. The molecule has 0 radical (unpaired) electrons. The van der Waals surface area contributed by atoms with E-state index in [0.717, 1.165) is 180 Å². The monoisotopic (exact) mass is 1440 g/mol.